The van der Waals surface area contributed by atoms with Crippen molar-refractivity contribution in [3.05, 3.63) is 37.0 Å². The van der Waals surface area contributed by atoms with E-state index in [1.165, 1.54) is 6.04 Å². The Morgan fingerprint density at radius 3 is 2.82 bits per heavy atom. The van der Waals surface area contributed by atoms with Crippen LogP contribution in [0.1, 0.15) is 38.5 Å². The maximum Gasteiger partial charge on any atom is 0.225 e. The van der Waals surface area contributed by atoms with Gasteiger partial charge in [-0.3, -0.25) is 14.4 Å². The number of methoxy groups -OCH3 is 1. The smallest absolute Gasteiger partial charge is 0.225 e. The fraction of sp³-hybridized carbons (Fsp3) is 0.560. The first-order chi connectivity index (χ1) is 16.7. The third-order valence-electron chi connectivity index (χ3n) is 7.91. The molecule has 9 nitrogen and oxygen atoms in total. The molecular formula is C25H32N7O2. The lowest BCUT2D eigenvalue weighted by atomic mass is 9.85. The molecule has 5 heterocycles. The second-order valence-corrected chi connectivity index (χ2v) is 9.88. The molecule has 2 unspecified atom stereocenters. The molecule has 179 valence electrons. The number of carbonyl (C=O) groups excluding carboxylic acids is 1. The van der Waals surface area contributed by atoms with Crippen LogP contribution in [-0.4, -0.2) is 85.9 Å². The highest BCUT2D eigenvalue weighted by atomic mass is 16.5. The first-order valence-corrected chi connectivity index (χ1v) is 12.4. The van der Waals surface area contributed by atoms with Crippen molar-refractivity contribution >= 4 is 16.9 Å². The van der Waals surface area contributed by atoms with E-state index in [9.17, 15) is 4.79 Å². The summed E-state index contributed by atoms with van der Waals surface area (Å²) >= 11 is 0. The monoisotopic (exact) mass is 462 g/mol. The van der Waals surface area contributed by atoms with Gasteiger partial charge in [0.1, 0.15) is 18.0 Å². The van der Waals surface area contributed by atoms with Crippen LogP contribution >= 0.6 is 0 Å². The van der Waals surface area contributed by atoms with Gasteiger partial charge in [-0.1, -0.05) is 6.42 Å². The van der Waals surface area contributed by atoms with Crippen LogP contribution in [0.3, 0.4) is 0 Å². The van der Waals surface area contributed by atoms with E-state index in [-0.39, 0.29) is 12.0 Å². The van der Waals surface area contributed by atoms with Crippen LogP contribution in [0.25, 0.3) is 22.3 Å². The molecule has 2 saturated heterocycles. The minimum atomic E-state index is 0.149. The molecule has 6 rings (SSSR count). The highest BCUT2D eigenvalue weighted by Crippen LogP contribution is 2.32. The summed E-state index contributed by atoms with van der Waals surface area (Å²) in [6.45, 7) is 3.61. The molecule has 0 spiro atoms. The fourth-order valence-corrected chi connectivity index (χ4v) is 5.84. The van der Waals surface area contributed by atoms with Crippen molar-refractivity contribution in [2.75, 3.05) is 33.3 Å². The van der Waals surface area contributed by atoms with Gasteiger partial charge < -0.3 is 14.6 Å². The van der Waals surface area contributed by atoms with Crippen molar-refractivity contribution in [1.29, 1.82) is 0 Å². The lowest BCUT2D eigenvalue weighted by Gasteiger charge is -2.46. The van der Waals surface area contributed by atoms with E-state index in [2.05, 4.69) is 36.0 Å². The van der Waals surface area contributed by atoms with Crippen LogP contribution in [0.5, 0.6) is 0 Å². The minimum absolute atomic E-state index is 0.149. The summed E-state index contributed by atoms with van der Waals surface area (Å²) in [5, 5.41) is 5.61. The number of nitrogens with zero attached hydrogens (tertiary/aromatic N) is 6. The molecule has 0 aromatic carbocycles. The summed E-state index contributed by atoms with van der Waals surface area (Å²) in [7, 11) is 1.77. The van der Waals surface area contributed by atoms with E-state index in [0.717, 1.165) is 87.0 Å². The van der Waals surface area contributed by atoms with Crippen LogP contribution in [0, 0.1) is 12.0 Å². The Kier molecular flexibility index (Phi) is 5.82. The Balaban J connectivity index is 1.01. The maximum atomic E-state index is 13.0. The quantitative estimate of drug-likeness (QED) is 0.627. The number of aromatic amines is 1. The summed E-state index contributed by atoms with van der Waals surface area (Å²) in [4.78, 5) is 29.5. The zero-order chi connectivity index (χ0) is 23.1. The van der Waals surface area contributed by atoms with E-state index >= 15 is 0 Å². The van der Waals surface area contributed by atoms with Crippen LogP contribution in [0.15, 0.2) is 31.0 Å². The molecular weight excluding hydrogens is 430 g/mol. The number of amides is 1. The largest absolute Gasteiger partial charge is 0.381 e. The number of aromatic nitrogens is 5. The highest BCUT2D eigenvalue weighted by molar-refractivity contribution is 5.90. The number of rotatable bonds is 5. The summed E-state index contributed by atoms with van der Waals surface area (Å²) in [5.74, 6) is 0.497. The van der Waals surface area contributed by atoms with Crippen LogP contribution in [0.4, 0.5) is 0 Å². The Bertz CT molecular complexity index is 1140. The van der Waals surface area contributed by atoms with E-state index in [1.807, 2.05) is 23.1 Å². The number of likely N-dealkylation sites (tertiary alicyclic amines) is 2. The molecule has 1 amide bonds. The number of fused-ring (bicyclic) bond motifs is 1. The van der Waals surface area contributed by atoms with Gasteiger partial charge in [0, 0.05) is 68.6 Å². The first kappa shape index (κ1) is 21.7. The molecule has 1 saturated carbocycles. The number of hydrogen-bond donors (Lipinski definition) is 1. The number of H-pyrrole nitrogens is 1. The van der Waals surface area contributed by atoms with E-state index in [0.29, 0.717) is 11.9 Å². The topological polar surface area (TPSA) is 92.2 Å². The third-order valence-corrected chi connectivity index (χ3v) is 7.91. The van der Waals surface area contributed by atoms with Crippen LogP contribution in [0.2, 0.25) is 0 Å². The summed E-state index contributed by atoms with van der Waals surface area (Å²) < 4.78 is 7.52. The number of nitrogens with one attached hydrogen (secondary N) is 1. The number of carbonyl (C=O) groups is 1. The van der Waals surface area contributed by atoms with Gasteiger partial charge in [0.05, 0.1) is 18.0 Å². The zero-order valence-corrected chi connectivity index (χ0v) is 19.7. The third kappa shape index (κ3) is 4.01. The van der Waals surface area contributed by atoms with E-state index in [4.69, 9.17) is 4.74 Å². The lowest BCUT2D eigenvalue weighted by Crippen LogP contribution is -2.57. The molecule has 3 aromatic heterocycles. The molecule has 1 radical (unpaired) electrons. The fourth-order valence-electron chi connectivity index (χ4n) is 5.84. The van der Waals surface area contributed by atoms with Crippen LogP contribution in [-0.2, 0) is 9.53 Å². The average molecular weight is 463 g/mol. The maximum absolute atomic E-state index is 13.0. The second kappa shape index (κ2) is 9.11. The molecule has 2 atom stereocenters. The predicted molar refractivity (Wildman–Crippen MR) is 128 cm³/mol. The second-order valence-electron chi connectivity index (χ2n) is 9.88. The zero-order valence-electron chi connectivity index (χ0n) is 19.7. The molecule has 2 aliphatic heterocycles. The number of hydrogen-bond acceptors (Lipinski definition) is 6. The Morgan fingerprint density at radius 2 is 2.00 bits per heavy atom. The van der Waals surface area contributed by atoms with Crippen molar-refractivity contribution in [1.82, 2.24) is 34.5 Å². The van der Waals surface area contributed by atoms with Crippen molar-refractivity contribution < 1.29 is 9.53 Å². The molecule has 3 aromatic rings. The van der Waals surface area contributed by atoms with Gasteiger partial charge in [-0.05, 0) is 38.2 Å². The van der Waals surface area contributed by atoms with Gasteiger partial charge >= 0.3 is 0 Å². The average Bonchev–Trinajstić information content (AvgIpc) is 3.53. The number of piperidine rings is 1. The Labute approximate surface area is 199 Å². The molecule has 3 fully saturated rings. The summed E-state index contributed by atoms with van der Waals surface area (Å²) in [5.41, 5.74) is 2.75. The molecule has 1 aliphatic carbocycles. The van der Waals surface area contributed by atoms with Crippen LogP contribution < -0.4 is 0 Å². The van der Waals surface area contributed by atoms with E-state index in [1.54, 1.807) is 13.4 Å². The van der Waals surface area contributed by atoms with Crippen molar-refractivity contribution in [2.24, 2.45) is 5.92 Å². The van der Waals surface area contributed by atoms with Gasteiger partial charge in [0.15, 0.2) is 0 Å². The van der Waals surface area contributed by atoms with Gasteiger partial charge in [0.2, 0.25) is 5.91 Å². The van der Waals surface area contributed by atoms with Crippen molar-refractivity contribution in [3.8, 4) is 11.3 Å². The Hall–Kier alpha value is -2.78. The highest BCUT2D eigenvalue weighted by Gasteiger charge is 2.38. The molecule has 34 heavy (non-hydrogen) atoms. The standard InChI is InChI=1S/C25H32N7O2/c1-34-21-4-2-3-17(11-21)25(33)30-9-6-19(7-10-30)31-14-20(15-31)32-13-18(12-29-32)23-22-5-8-26-24(22)28-16-27-23/h5,8,12-13,16-17,19,21H,2-4,6-7,9-11,14-15H2,1H3,(H,26,27,28). The molecule has 1 N–H and O–H groups in total. The van der Waals surface area contributed by atoms with Crippen molar-refractivity contribution in [3.63, 3.8) is 0 Å². The normalized spacial score (nSPS) is 25.0. The van der Waals surface area contributed by atoms with E-state index < -0.39 is 0 Å². The van der Waals surface area contributed by atoms with Gasteiger partial charge in [-0.25, -0.2) is 9.97 Å². The predicted octanol–water partition coefficient (Wildman–Crippen LogP) is 2.71. The SMILES string of the molecule is COC1CCCC(C(=O)N2CCC(N3C[C](n4cc(-c5ncnc6[nH]ccc56)cn4)C3)CC2)C1. The van der Waals surface area contributed by atoms with Crippen molar-refractivity contribution in [2.45, 2.75) is 50.7 Å². The Morgan fingerprint density at radius 1 is 1.15 bits per heavy atom. The van der Waals surface area contributed by atoms with Gasteiger partial charge in [-0.15, -0.1) is 0 Å². The minimum Gasteiger partial charge on any atom is -0.381 e. The molecule has 0 bridgehead atoms. The van der Waals surface area contributed by atoms with Gasteiger partial charge in [0.25, 0.3) is 0 Å². The summed E-state index contributed by atoms with van der Waals surface area (Å²) in [6.07, 6.45) is 13.9. The molecule has 9 heteroatoms. The molecule has 3 aliphatic rings. The first-order valence-electron chi connectivity index (χ1n) is 12.4. The summed E-state index contributed by atoms with van der Waals surface area (Å²) in [6, 6.07) is 3.85. The lowest BCUT2D eigenvalue weighted by molar-refractivity contribution is -0.140. The number of ether oxygens (including phenoxy) is 1. The van der Waals surface area contributed by atoms with Gasteiger partial charge in [-0.2, -0.15) is 5.10 Å².